The van der Waals surface area contributed by atoms with Crippen molar-refractivity contribution < 1.29 is 15.0 Å². The van der Waals surface area contributed by atoms with Crippen LogP contribution in [0.5, 0.6) is 0 Å². The summed E-state index contributed by atoms with van der Waals surface area (Å²) in [4.78, 5) is 10.9. The van der Waals surface area contributed by atoms with E-state index in [4.69, 9.17) is 5.11 Å². The average molecular weight is 363 g/mol. The second-order valence-corrected chi connectivity index (χ2v) is 10.7. The van der Waals surface area contributed by atoms with Crippen LogP contribution in [-0.4, -0.2) is 22.3 Å². The molecule has 3 nitrogen and oxygen atoms in total. The number of aliphatic carboxylic acids is 1. The third-order valence-electron chi connectivity index (χ3n) is 9.78. The summed E-state index contributed by atoms with van der Waals surface area (Å²) in [6, 6.07) is 0. The number of hydrogen-bond acceptors (Lipinski definition) is 2. The lowest BCUT2D eigenvalue weighted by atomic mass is 9.44. The van der Waals surface area contributed by atoms with Crippen LogP contribution in [-0.2, 0) is 4.79 Å². The first-order valence-corrected chi connectivity index (χ1v) is 11.2. The van der Waals surface area contributed by atoms with Gasteiger partial charge in [-0.15, -0.1) is 0 Å². The lowest BCUT2D eigenvalue weighted by Crippen LogP contribution is -2.53. The highest BCUT2D eigenvalue weighted by Gasteiger charge is 2.59. The van der Waals surface area contributed by atoms with Gasteiger partial charge in [0.2, 0.25) is 0 Å². The van der Waals surface area contributed by atoms with Crippen molar-refractivity contribution in [3.8, 4) is 0 Å². The predicted octanol–water partition coefficient (Wildman–Crippen LogP) is 5.26. The molecule has 4 aliphatic rings. The van der Waals surface area contributed by atoms with Gasteiger partial charge in [0.25, 0.3) is 0 Å². The van der Waals surface area contributed by atoms with Crippen molar-refractivity contribution in [3.63, 3.8) is 0 Å². The average Bonchev–Trinajstić information content (AvgIpc) is 2.92. The minimum absolute atomic E-state index is 0.0522. The fourth-order valence-electron chi connectivity index (χ4n) is 8.32. The first-order chi connectivity index (χ1) is 12.3. The van der Waals surface area contributed by atoms with E-state index in [0.29, 0.717) is 17.3 Å². The van der Waals surface area contributed by atoms with Crippen molar-refractivity contribution >= 4 is 5.97 Å². The first kappa shape index (κ1) is 18.8. The quantitative estimate of drug-likeness (QED) is 0.717. The summed E-state index contributed by atoms with van der Waals surface area (Å²) in [5, 5.41) is 19.1. The van der Waals surface area contributed by atoms with E-state index in [9.17, 15) is 9.90 Å². The molecule has 0 amide bonds. The van der Waals surface area contributed by atoms with E-state index < -0.39 is 5.97 Å². The molecule has 0 aromatic heterocycles. The largest absolute Gasteiger partial charge is 0.481 e. The second kappa shape index (κ2) is 6.79. The van der Waals surface area contributed by atoms with Gasteiger partial charge < -0.3 is 10.2 Å². The van der Waals surface area contributed by atoms with Gasteiger partial charge in [-0.05, 0) is 111 Å². The highest BCUT2D eigenvalue weighted by Crippen LogP contribution is 2.67. The zero-order valence-corrected chi connectivity index (χ0v) is 16.8. The molecule has 26 heavy (non-hydrogen) atoms. The van der Waals surface area contributed by atoms with Gasteiger partial charge in [-0.3, -0.25) is 4.79 Å². The number of carboxylic acids is 1. The fraction of sp³-hybridized carbons (Fsp3) is 0.957. The van der Waals surface area contributed by atoms with E-state index in [1.165, 1.54) is 44.9 Å². The van der Waals surface area contributed by atoms with E-state index in [2.05, 4.69) is 13.8 Å². The Morgan fingerprint density at radius 1 is 0.962 bits per heavy atom. The molecule has 0 heterocycles. The van der Waals surface area contributed by atoms with E-state index in [-0.39, 0.29) is 6.10 Å². The van der Waals surface area contributed by atoms with E-state index in [0.717, 1.165) is 55.3 Å². The molecule has 0 aromatic rings. The minimum Gasteiger partial charge on any atom is -0.481 e. The maximum absolute atomic E-state index is 10.9. The molecule has 4 rings (SSSR count). The number of rotatable bonds is 4. The van der Waals surface area contributed by atoms with Crippen LogP contribution in [0.25, 0.3) is 0 Å². The molecular formula is C23H38O3. The summed E-state index contributed by atoms with van der Waals surface area (Å²) in [7, 11) is 0. The predicted molar refractivity (Wildman–Crippen MR) is 103 cm³/mol. The zero-order valence-electron chi connectivity index (χ0n) is 16.8. The molecule has 0 spiro atoms. The zero-order chi connectivity index (χ0) is 18.5. The van der Waals surface area contributed by atoms with Crippen LogP contribution in [0.3, 0.4) is 0 Å². The lowest BCUT2D eigenvalue weighted by Gasteiger charge is -2.61. The Balaban J connectivity index is 1.48. The number of hydrogen-bond donors (Lipinski definition) is 2. The number of aliphatic hydroxyl groups excluding tert-OH is 1. The third-order valence-corrected chi connectivity index (χ3v) is 9.78. The van der Waals surface area contributed by atoms with Crippen LogP contribution in [0.1, 0.15) is 90.9 Å². The molecule has 4 unspecified atom stereocenters. The minimum atomic E-state index is -0.640. The number of aliphatic hydroxyl groups is 1. The third kappa shape index (κ3) is 2.93. The van der Waals surface area contributed by atoms with Gasteiger partial charge in [0.05, 0.1) is 6.10 Å². The molecule has 2 N–H and O–H groups in total. The number of fused-ring (bicyclic) bond motifs is 5. The standard InChI is InChI=1S/C23H38O3/c1-22-13-11-20-18(8-6-16-14-17(24)10-12-23(16,20)2)19(22)9-7-15(22)4-3-5-21(25)26/h15-20,24H,3-14H2,1-2H3,(H,25,26)/t15-,16?,17+,18?,19?,20?,22+,23-/m0/s1. The summed E-state index contributed by atoms with van der Waals surface area (Å²) in [5.41, 5.74) is 0.919. The van der Waals surface area contributed by atoms with Gasteiger partial charge in [0.15, 0.2) is 0 Å². The Kier molecular flexibility index (Phi) is 4.91. The molecule has 8 atom stereocenters. The Morgan fingerprint density at radius 2 is 1.69 bits per heavy atom. The molecule has 0 aliphatic heterocycles. The molecular weight excluding hydrogens is 324 g/mol. The maximum atomic E-state index is 10.9. The SMILES string of the molecule is C[C@]12CC[C@@H](O)CC1CCC1C2CC[C@@]2(C)C1CC[C@@H]2CCCC(=O)O. The highest BCUT2D eigenvalue weighted by atomic mass is 16.4. The van der Waals surface area contributed by atoms with Crippen molar-refractivity contribution in [1.29, 1.82) is 0 Å². The van der Waals surface area contributed by atoms with Crippen molar-refractivity contribution in [2.45, 2.75) is 97.0 Å². The van der Waals surface area contributed by atoms with Crippen LogP contribution in [0.2, 0.25) is 0 Å². The fourth-order valence-corrected chi connectivity index (χ4v) is 8.32. The molecule has 0 radical (unpaired) electrons. The highest BCUT2D eigenvalue weighted by molar-refractivity contribution is 5.66. The van der Waals surface area contributed by atoms with Gasteiger partial charge in [-0.1, -0.05) is 13.8 Å². The summed E-state index contributed by atoms with van der Waals surface area (Å²) >= 11 is 0. The Hall–Kier alpha value is -0.570. The summed E-state index contributed by atoms with van der Waals surface area (Å²) in [6.45, 7) is 5.10. The van der Waals surface area contributed by atoms with Crippen LogP contribution >= 0.6 is 0 Å². The second-order valence-electron chi connectivity index (χ2n) is 10.7. The van der Waals surface area contributed by atoms with Gasteiger partial charge in [0.1, 0.15) is 0 Å². The van der Waals surface area contributed by atoms with Crippen LogP contribution in [0.4, 0.5) is 0 Å². The van der Waals surface area contributed by atoms with E-state index >= 15 is 0 Å². The van der Waals surface area contributed by atoms with Crippen molar-refractivity contribution in [3.05, 3.63) is 0 Å². The van der Waals surface area contributed by atoms with Crippen LogP contribution in [0, 0.1) is 40.4 Å². The lowest BCUT2D eigenvalue weighted by molar-refractivity contribution is -0.137. The molecule has 4 saturated carbocycles. The topological polar surface area (TPSA) is 57.5 Å². The van der Waals surface area contributed by atoms with Crippen molar-refractivity contribution in [2.75, 3.05) is 0 Å². The summed E-state index contributed by atoms with van der Waals surface area (Å²) < 4.78 is 0. The van der Waals surface area contributed by atoms with Crippen molar-refractivity contribution in [1.82, 2.24) is 0 Å². The monoisotopic (exact) mass is 362 g/mol. The molecule has 148 valence electrons. The number of carboxylic acid groups (broad SMARTS) is 1. The molecule has 0 saturated heterocycles. The van der Waals surface area contributed by atoms with Crippen LogP contribution < -0.4 is 0 Å². The van der Waals surface area contributed by atoms with Crippen molar-refractivity contribution in [2.24, 2.45) is 40.4 Å². The normalized spacial score (nSPS) is 50.6. The van der Waals surface area contributed by atoms with Gasteiger partial charge in [0, 0.05) is 6.42 Å². The molecule has 3 heteroatoms. The maximum Gasteiger partial charge on any atom is 0.303 e. The van der Waals surface area contributed by atoms with Crippen LogP contribution in [0.15, 0.2) is 0 Å². The first-order valence-electron chi connectivity index (χ1n) is 11.2. The van der Waals surface area contributed by atoms with Gasteiger partial charge in [-0.25, -0.2) is 0 Å². The summed E-state index contributed by atoms with van der Waals surface area (Å²) in [6.07, 6.45) is 13.6. The van der Waals surface area contributed by atoms with Gasteiger partial charge in [-0.2, -0.15) is 0 Å². The molecule has 4 aliphatic carbocycles. The van der Waals surface area contributed by atoms with E-state index in [1.807, 2.05) is 0 Å². The Labute approximate surface area is 158 Å². The Bertz CT molecular complexity index is 546. The molecule has 0 bridgehead atoms. The summed E-state index contributed by atoms with van der Waals surface area (Å²) in [5.74, 6) is 3.45. The van der Waals surface area contributed by atoms with Gasteiger partial charge >= 0.3 is 5.97 Å². The Morgan fingerprint density at radius 3 is 2.46 bits per heavy atom. The van der Waals surface area contributed by atoms with E-state index in [1.54, 1.807) is 0 Å². The number of carbonyl (C=O) groups is 1. The smallest absolute Gasteiger partial charge is 0.303 e. The molecule has 0 aromatic carbocycles. The molecule has 4 fully saturated rings.